The van der Waals surface area contributed by atoms with E-state index >= 15 is 0 Å². The molecular formula is C14H25N5O2. The monoisotopic (exact) mass is 295 g/mol. The Morgan fingerprint density at radius 2 is 2.00 bits per heavy atom. The molecule has 7 heteroatoms. The van der Waals surface area contributed by atoms with Gasteiger partial charge in [0.15, 0.2) is 0 Å². The van der Waals surface area contributed by atoms with Gasteiger partial charge in [-0.3, -0.25) is 0 Å². The van der Waals surface area contributed by atoms with Gasteiger partial charge >= 0.3 is 6.01 Å². The van der Waals surface area contributed by atoms with Crippen LogP contribution in [0.4, 0.5) is 11.9 Å². The normalized spacial score (nSPS) is 18.0. The summed E-state index contributed by atoms with van der Waals surface area (Å²) in [5.74, 6) is 1.06. The van der Waals surface area contributed by atoms with E-state index in [1.54, 1.807) is 0 Å². The predicted octanol–water partition coefficient (Wildman–Crippen LogP) is 2.07. The molecule has 0 saturated carbocycles. The molecule has 0 aliphatic carbocycles. The number of nitrogens with zero attached hydrogens (tertiary/aromatic N) is 3. The van der Waals surface area contributed by atoms with Gasteiger partial charge in [-0.15, -0.1) is 0 Å². The fraction of sp³-hybridized carbons (Fsp3) is 0.786. The van der Waals surface area contributed by atoms with E-state index in [1.165, 1.54) is 0 Å². The summed E-state index contributed by atoms with van der Waals surface area (Å²) in [5, 5.41) is 6.37. The van der Waals surface area contributed by atoms with E-state index in [-0.39, 0.29) is 12.2 Å². The second-order valence-corrected chi connectivity index (χ2v) is 5.37. The molecule has 2 N–H and O–H groups in total. The van der Waals surface area contributed by atoms with Crippen molar-refractivity contribution in [1.82, 2.24) is 15.0 Å². The molecule has 1 aromatic rings. The van der Waals surface area contributed by atoms with Gasteiger partial charge in [-0.2, -0.15) is 15.0 Å². The second-order valence-electron chi connectivity index (χ2n) is 5.37. The molecule has 0 radical (unpaired) electrons. The van der Waals surface area contributed by atoms with Crippen molar-refractivity contribution in [3.8, 4) is 6.01 Å². The fourth-order valence-corrected chi connectivity index (χ4v) is 2.03. The first-order valence-corrected chi connectivity index (χ1v) is 7.69. The zero-order valence-corrected chi connectivity index (χ0v) is 13.1. The summed E-state index contributed by atoms with van der Waals surface area (Å²) in [5.41, 5.74) is 0. The summed E-state index contributed by atoms with van der Waals surface area (Å²) in [4.78, 5) is 12.9. The maximum atomic E-state index is 5.58. The third-order valence-corrected chi connectivity index (χ3v) is 3.00. The molecule has 1 aromatic heterocycles. The molecule has 0 spiro atoms. The third-order valence-electron chi connectivity index (χ3n) is 3.00. The van der Waals surface area contributed by atoms with E-state index < -0.39 is 0 Å². The molecule has 1 saturated heterocycles. The maximum Gasteiger partial charge on any atom is 0.323 e. The van der Waals surface area contributed by atoms with Gasteiger partial charge in [-0.1, -0.05) is 6.92 Å². The van der Waals surface area contributed by atoms with Gasteiger partial charge in [0.05, 0.1) is 12.2 Å². The molecule has 21 heavy (non-hydrogen) atoms. The van der Waals surface area contributed by atoms with Gasteiger partial charge in [-0.25, -0.2) is 0 Å². The van der Waals surface area contributed by atoms with E-state index in [4.69, 9.17) is 9.47 Å². The molecule has 1 unspecified atom stereocenters. The standard InChI is InChI=1S/C14H25N5O2/c1-4-7-15-12-17-13(16-9-11-6-5-8-20-11)19-14(18-12)21-10(2)3/h10-11H,4-9H2,1-3H3,(H2,15,16,17,18,19). The lowest BCUT2D eigenvalue weighted by Gasteiger charge is -2.13. The van der Waals surface area contributed by atoms with E-state index in [0.717, 1.165) is 32.4 Å². The molecule has 0 bridgehead atoms. The molecule has 2 heterocycles. The van der Waals surface area contributed by atoms with Crippen LogP contribution < -0.4 is 15.4 Å². The number of ether oxygens (including phenoxy) is 2. The van der Waals surface area contributed by atoms with Crippen molar-refractivity contribution in [3.05, 3.63) is 0 Å². The van der Waals surface area contributed by atoms with Crippen LogP contribution >= 0.6 is 0 Å². The summed E-state index contributed by atoms with van der Waals surface area (Å²) in [6.07, 6.45) is 3.47. The van der Waals surface area contributed by atoms with Crippen LogP contribution in [0.3, 0.4) is 0 Å². The van der Waals surface area contributed by atoms with Gasteiger partial charge in [0.1, 0.15) is 0 Å². The Kier molecular flexibility index (Phi) is 5.98. The highest BCUT2D eigenvalue weighted by molar-refractivity contribution is 5.36. The summed E-state index contributed by atoms with van der Waals surface area (Å²) in [6.45, 7) is 8.35. The lowest BCUT2D eigenvalue weighted by Crippen LogP contribution is -2.21. The third kappa shape index (κ3) is 5.34. The number of rotatable bonds is 8. The molecular weight excluding hydrogens is 270 g/mol. The van der Waals surface area contributed by atoms with E-state index in [9.17, 15) is 0 Å². The Balaban J connectivity index is 2.01. The largest absolute Gasteiger partial charge is 0.461 e. The van der Waals surface area contributed by atoms with Crippen LogP contribution in [0.15, 0.2) is 0 Å². The molecule has 1 aliphatic heterocycles. The number of aromatic nitrogens is 3. The maximum absolute atomic E-state index is 5.58. The van der Waals surface area contributed by atoms with Crippen LogP contribution in [-0.4, -0.2) is 46.9 Å². The Morgan fingerprint density at radius 3 is 2.62 bits per heavy atom. The Hall–Kier alpha value is -1.63. The van der Waals surface area contributed by atoms with Crippen molar-refractivity contribution in [2.75, 3.05) is 30.3 Å². The van der Waals surface area contributed by atoms with Gasteiger partial charge in [0, 0.05) is 19.7 Å². The Morgan fingerprint density at radius 1 is 1.24 bits per heavy atom. The lowest BCUT2D eigenvalue weighted by molar-refractivity contribution is 0.120. The molecule has 1 atom stereocenters. The smallest absolute Gasteiger partial charge is 0.323 e. The van der Waals surface area contributed by atoms with Crippen LogP contribution in [-0.2, 0) is 4.74 Å². The second kappa shape index (κ2) is 7.97. The van der Waals surface area contributed by atoms with Crippen molar-refractivity contribution in [2.24, 2.45) is 0 Å². The topological polar surface area (TPSA) is 81.2 Å². The minimum Gasteiger partial charge on any atom is -0.461 e. The number of nitrogens with one attached hydrogen (secondary N) is 2. The summed E-state index contributed by atoms with van der Waals surface area (Å²) < 4.78 is 11.2. The van der Waals surface area contributed by atoms with Gasteiger partial charge in [0.2, 0.25) is 11.9 Å². The van der Waals surface area contributed by atoms with Crippen LogP contribution in [0, 0.1) is 0 Å². The minimum atomic E-state index is 0.0254. The average Bonchev–Trinajstić information content (AvgIpc) is 2.95. The molecule has 7 nitrogen and oxygen atoms in total. The number of hydrogen-bond acceptors (Lipinski definition) is 7. The van der Waals surface area contributed by atoms with Crippen molar-refractivity contribution >= 4 is 11.9 Å². The van der Waals surface area contributed by atoms with Gasteiger partial charge < -0.3 is 20.1 Å². The number of anilines is 2. The Bertz CT molecular complexity index is 435. The van der Waals surface area contributed by atoms with Crippen molar-refractivity contribution < 1.29 is 9.47 Å². The highest BCUT2D eigenvalue weighted by atomic mass is 16.5. The van der Waals surface area contributed by atoms with Crippen LogP contribution in [0.5, 0.6) is 6.01 Å². The first kappa shape index (κ1) is 15.8. The quantitative estimate of drug-likeness (QED) is 0.759. The molecule has 118 valence electrons. The van der Waals surface area contributed by atoms with Gasteiger partial charge in [0.25, 0.3) is 0 Å². The van der Waals surface area contributed by atoms with E-state index in [1.807, 2.05) is 13.8 Å². The molecule has 1 fully saturated rings. The first-order chi connectivity index (χ1) is 10.2. The highest BCUT2D eigenvalue weighted by Gasteiger charge is 2.16. The summed E-state index contributed by atoms with van der Waals surface area (Å²) >= 11 is 0. The van der Waals surface area contributed by atoms with Crippen LogP contribution in [0.25, 0.3) is 0 Å². The predicted molar refractivity (Wildman–Crippen MR) is 81.8 cm³/mol. The molecule has 2 rings (SSSR count). The average molecular weight is 295 g/mol. The Labute approximate surface area is 125 Å². The SMILES string of the molecule is CCCNc1nc(NCC2CCCO2)nc(OC(C)C)n1. The van der Waals surface area contributed by atoms with Crippen molar-refractivity contribution in [1.29, 1.82) is 0 Å². The molecule has 0 aromatic carbocycles. The zero-order valence-electron chi connectivity index (χ0n) is 13.1. The van der Waals surface area contributed by atoms with Gasteiger partial charge in [-0.05, 0) is 33.1 Å². The fourth-order valence-electron chi connectivity index (χ4n) is 2.03. The summed E-state index contributed by atoms with van der Waals surface area (Å²) in [7, 11) is 0. The zero-order chi connectivity index (χ0) is 15.1. The van der Waals surface area contributed by atoms with E-state index in [0.29, 0.717) is 24.5 Å². The molecule has 1 aliphatic rings. The van der Waals surface area contributed by atoms with Crippen molar-refractivity contribution in [3.63, 3.8) is 0 Å². The molecule has 0 amide bonds. The van der Waals surface area contributed by atoms with Crippen LogP contribution in [0.1, 0.15) is 40.0 Å². The van der Waals surface area contributed by atoms with Crippen LogP contribution in [0.2, 0.25) is 0 Å². The lowest BCUT2D eigenvalue weighted by atomic mass is 10.2. The van der Waals surface area contributed by atoms with Crippen molar-refractivity contribution in [2.45, 2.75) is 52.2 Å². The number of hydrogen-bond donors (Lipinski definition) is 2. The first-order valence-electron chi connectivity index (χ1n) is 7.69. The van der Waals surface area contributed by atoms with E-state index in [2.05, 4.69) is 32.5 Å². The summed E-state index contributed by atoms with van der Waals surface area (Å²) in [6, 6.07) is 0.341. The minimum absolute atomic E-state index is 0.0254. The highest BCUT2D eigenvalue weighted by Crippen LogP contribution is 2.15.